The van der Waals surface area contributed by atoms with Gasteiger partial charge in [0.1, 0.15) is 0 Å². The molecule has 1 fully saturated rings. The number of thioether (sulfide) groups is 1. The molecule has 13 heavy (non-hydrogen) atoms. The molecule has 1 aliphatic carbocycles. The van der Waals surface area contributed by atoms with Gasteiger partial charge < -0.3 is 10.6 Å². The lowest BCUT2D eigenvalue weighted by molar-refractivity contribution is -0.120. The molecule has 0 bridgehead atoms. The van der Waals surface area contributed by atoms with Crippen molar-refractivity contribution in [3.63, 3.8) is 0 Å². The van der Waals surface area contributed by atoms with Crippen molar-refractivity contribution in [2.75, 3.05) is 25.9 Å². The second kappa shape index (κ2) is 4.86. The van der Waals surface area contributed by atoms with Crippen molar-refractivity contribution >= 4 is 17.7 Å². The van der Waals surface area contributed by atoms with Crippen LogP contribution in [-0.2, 0) is 4.79 Å². The predicted octanol–water partition coefficient (Wildman–Crippen LogP) is 0.608. The topological polar surface area (TPSA) is 41.1 Å². The highest BCUT2D eigenvalue weighted by atomic mass is 32.2. The Morgan fingerprint density at radius 2 is 2.23 bits per heavy atom. The van der Waals surface area contributed by atoms with Gasteiger partial charge in [0, 0.05) is 17.8 Å². The quantitative estimate of drug-likeness (QED) is 0.663. The largest absolute Gasteiger partial charge is 0.355 e. The van der Waals surface area contributed by atoms with Crippen LogP contribution in [0.4, 0.5) is 0 Å². The van der Waals surface area contributed by atoms with Gasteiger partial charge >= 0.3 is 0 Å². The summed E-state index contributed by atoms with van der Waals surface area (Å²) in [5.74, 6) is 0.0967. The van der Waals surface area contributed by atoms with E-state index in [9.17, 15) is 4.79 Å². The van der Waals surface area contributed by atoms with E-state index in [-0.39, 0.29) is 5.91 Å². The van der Waals surface area contributed by atoms with Gasteiger partial charge in [-0.1, -0.05) is 0 Å². The summed E-state index contributed by atoms with van der Waals surface area (Å²) < 4.78 is 0.451. The Kier molecular flexibility index (Phi) is 4.06. The Morgan fingerprint density at radius 3 is 2.69 bits per heavy atom. The monoisotopic (exact) mass is 202 g/mol. The molecule has 1 rings (SSSR count). The van der Waals surface area contributed by atoms with E-state index in [1.165, 1.54) is 12.8 Å². The zero-order valence-corrected chi connectivity index (χ0v) is 9.17. The minimum absolute atomic E-state index is 0.0967. The lowest BCUT2D eigenvalue weighted by Gasteiger charge is -2.12. The summed E-state index contributed by atoms with van der Waals surface area (Å²) in [6.07, 6.45) is 4.72. The Morgan fingerprint density at radius 1 is 1.54 bits per heavy atom. The lowest BCUT2D eigenvalue weighted by atomic mass is 10.4. The molecule has 2 N–H and O–H groups in total. The van der Waals surface area contributed by atoms with Crippen LogP contribution in [0.1, 0.15) is 19.8 Å². The molecule has 1 saturated carbocycles. The molecule has 3 nitrogen and oxygen atoms in total. The molecule has 0 aromatic rings. The van der Waals surface area contributed by atoms with Crippen LogP contribution < -0.4 is 10.6 Å². The van der Waals surface area contributed by atoms with E-state index in [1.54, 1.807) is 0 Å². The second-order valence-electron chi connectivity index (χ2n) is 3.44. The number of amides is 1. The first-order valence-electron chi connectivity index (χ1n) is 4.75. The highest BCUT2D eigenvalue weighted by Gasteiger charge is 2.41. The summed E-state index contributed by atoms with van der Waals surface area (Å²) in [6, 6.07) is 0. The van der Waals surface area contributed by atoms with Gasteiger partial charge in [0.2, 0.25) is 5.91 Å². The molecular formula is C9H18N2OS. The van der Waals surface area contributed by atoms with Crippen LogP contribution in [0.3, 0.4) is 0 Å². The molecule has 0 radical (unpaired) electrons. The molecule has 0 spiro atoms. The van der Waals surface area contributed by atoms with Gasteiger partial charge in [0.15, 0.2) is 0 Å². The van der Waals surface area contributed by atoms with E-state index in [1.807, 2.05) is 18.7 Å². The average Bonchev–Trinajstić information content (AvgIpc) is 2.86. The molecule has 1 aliphatic rings. The summed E-state index contributed by atoms with van der Waals surface area (Å²) in [6.45, 7) is 4.07. The van der Waals surface area contributed by atoms with E-state index >= 15 is 0 Å². The van der Waals surface area contributed by atoms with Gasteiger partial charge in [-0.05, 0) is 26.0 Å². The van der Waals surface area contributed by atoms with Crippen molar-refractivity contribution in [3.05, 3.63) is 0 Å². The van der Waals surface area contributed by atoms with Gasteiger partial charge in [0.05, 0.1) is 6.54 Å². The molecule has 76 valence electrons. The Bertz CT molecular complexity index is 180. The Labute approximate surface area is 84.0 Å². The SMILES string of the molecule is CCNC(=O)CNCC1(SC)CC1. The van der Waals surface area contributed by atoms with Gasteiger partial charge in [-0.25, -0.2) is 0 Å². The van der Waals surface area contributed by atoms with Crippen LogP contribution in [-0.4, -0.2) is 36.5 Å². The number of nitrogens with one attached hydrogen (secondary N) is 2. The van der Waals surface area contributed by atoms with Crippen molar-refractivity contribution in [1.29, 1.82) is 0 Å². The zero-order chi connectivity index (χ0) is 9.73. The first kappa shape index (κ1) is 10.9. The molecule has 0 aliphatic heterocycles. The number of carbonyl (C=O) groups is 1. The molecule has 0 aromatic heterocycles. The summed E-state index contributed by atoms with van der Waals surface area (Å²) in [5.41, 5.74) is 0. The second-order valence-corrected chi connectivity index (χ2v) is 4.72. The fourth-order valence-electron chi connectivity index (χ4n) is 1.26. The fourth-order valence-corrected chi connectivity index (χ4v) is 2.01. The number of hydrogen-bond acceptors (Lipinski definition) is 3. The van der Waals surface area contributed by atoms with Crippen molar-refractivity contribution in [3.8, 4) is 0 Å². The molecule has 0 aromatic carbocycles. The van der Waals surface area contributed by atoms with Crippen LogP contribution in [0, 0.1) is 0 Å². The van der Waals surface area contributed by atoms with Gasteiger partial charge in [0.25, 0.3) is 0 Å². The minimum Gasteiger partial charge on any atom is -0.355 e. The standard InChI is InChI=1S/C9H18N2OS/c1-3-11-8(12)6-10-7-9(13-2)4-5-9/h10H,3-7H2,1-2H3,(H,11,12). The van der Waals surface area contributed by atoms with Crippen molar-refractivity contribution in [1.82, 2.24) is 10.6 Å². The van der Waals surface area contributed by atoms with Crippen LogP contribution >= 0.6 is 11.8 Å². The molecular weight excluding hydrogens is 184 g/mol. The smallest absolute Gasteiger partial charge is 0.233 e. The summed E-state index contributed by atoms with van der Waals surface area (Å²) >= 11 is 1.91. The van der Waals surface area contributed by atoms with E-state index in [0.717, 1.165) is 6.54 Å². The van der Waals surface area contributed by atoms with Crippen LogP contribution in [0.25, 0.3) is 0 Å². The van der Waals surface area contributed by atoms with Crippen LogP contribution in [0.5, 0.6) is 0 Å². The number of carbonyl (C=O) groups excluding carboxylic acids is 1. The van der Waals surface area contributed by atoms with Crippen molar-refractivity contribution in [2.24, 2.45) is 0 Å². The highest BCUT2D eigenvalue weighted by molar-refractivity contribution is 8.00. The molecule has 1 amide bonds. The first-order chi connectivity index (χ1) is 6.22. The van der Waals surface area contributed by atoms with E-state index in [4.69, 9.17) is 0 Å². The molecule has 0 unspecified atom stereocenters. The summed E-state index contributed by atoms with van der Waals surface area (Å²) in [5, 5.41) is 5.95. The average molecular weight is 202 g/mol. The van der Waals surface area contributed by atoms with E-state index in [2.05, 4.69) is 16.9 Å². The van der Waals surface area contributed by atoms with Crippen LogP contribution in [0.15, 0.2) is 0 Å². The summed E-state index contributed by atoms with van der Waals surface area (Å²) in [7, 11) is 0. The van der Waals surface area contributed by atoms with Crippen LogP contribution in [0.2, 0.25) is 0 Å². The Hall–Kier alpha value is -0.220. The first-order valence-corrected chi connectivity index (χ1v) is 5.97. The number of rotatable bonds is 6. The van der Waals surface area contributed by atoms with Gasteiger partial charge in [-0.15, -0.1) is 0 Å². The maximum atomic E-state index is 11.1. The minimum atomic E-state index is 0.0967. The number of likely N-dealkylation sites (N-methyl/N-ethyl adjacent to an activating group) is 1. The third kappa shape index (κ3) is 3.56. The normalized spacial score (nSPS) is 18.3. The molecule has 4 heteroatoms. The number of hydrogen-bond donors (Lipinski definition) is 2. The third-order valence-electron chi connectivity index (χ3n) is 2.35. The Balaban J connectivity index is 2.03. The van der Waals surface area contributed by atoms with E-state index in [0.29, 0.717) is 17.8 Å². The maximum absolute atomic E-state index is 11.1. The third-order valence-corrected chi connectivity index (χ3v) is 3.77. The molecule has 0 saturated heterocycles. The molecule has 0 heterocycles. The predicted molar refractivity (Wildman–Crippen MR) is 57.0 cm³/mol. The van der Waals surface area contributed by atoms with Gasteiger partial charge in [-0.2, -0.15) is 11.8 Å². The van der Waals surface area contributed by atoms with E-state index < -0.39 is 0 Å². The summed E-state index contributed by atoms with van der Waals surface area (Å²) in [4.78, 5) is 11.1. The van der Waals surface area contributed by atoms with Crippen molar-refractivity contribution < 1.29 is 4.79 Å². The maximum Gasteiger partial charge on any atom is 0.233 e. The van der Waals surface area contributed by atoms with Gasteiger partial charge in [-0.3, -0.25) is 4.79 Å². The molecule has 0 atom stereocenters. The zero-order valence-electron chi connectivity index (χ0n) is 8.35. The fraction of sp³-hybridized carbons (Fsp3) is 0.889. The lowest BCUT2D eigenvalue weighted by Crippen LogP contribution is -2.37. The highest BCUT2D eigenvalue weighted by Crippen LogP contribution is 2.46. The van der Waals surface area contributed by atoms with Crippen molar-refractivity contribution in [2.45, 2.75) is 24.5 Å².